The summed E-state index contributed by atoms with van der Waals surface area (Å²) < 4.78 is 12.0. The first kappa shape index (κ1) is 30.1. The molecule has 2 heterocycles. The Hall–Kier alpha value is -4.93. The van der Waals surface area contributed by atoms with Crippen molar-refractivity contribution in [2.45, 2.75) is 29.7 Å². The fourth-order valence-electron chi connectivity index (χ4n) is 5.07. The fraction of sp³-hybridized carbons (Fsp3) is 0.143. The molecule has 1 saturated heterocycles. The Morgan fingerprint density at radius 3 is 2.40 bits per heavy atom. The number of ketones is 1. The molecule has 1 N–H and O–H groups in total. The van der Waals surface area contributed by atoms with Crippen molar-refractivity contribution < 1.29 is 24.2 Å². The number of carbonyl (C=O) groups is 2. The number of hydrogen-bond acceptors (Lipinski definition) is 9. The van der Waals surface area contributed by atoms with Gasteiger partial charge in [0.1, 0.15) is 23.9 Å². The van der Waals surface area contributed by atoms with Crippen LogP contribution in [0.2, 0.25) is 0 Å². The van der Waals surface area contributed by atoms with Gasteiger partial charge in [0.05, 0.1) is 18.7 Å². The zero-order chi connectivity index (χ0) is 31.3. The van der Waals surface area contributed by atoms with Crippen molar-refractivity contribution in [3.05, 3.63) is 137 Å². The van der Waals surface area contributed by atoms with Gasteiger partial charge in [-0.15, -0.1) is 10.2 Å². The number of amides is 1. The second-order valence-electron chi connectivity index (χ2n) is 10.4. The number of aliphatic hydroxyl groups excluding tert-OH is 1. The molecule has 1 atom stereocenters. The number of hydrogen-bond donors (Lipinski definition) is 1. The maximum atomic E-state index is 13.6. The van der Waals surface area contributed by atoms with Crippen LogP contribution in [0.4, 0.5) is 5.13 Å². The lowest BCUT2D eigenvalue weighted by Gasteiger charge is -2.23. The number of nitrogens with zero attached hydrogens (tertiary/aromatic N) is 3. The van der Waals surface area contributed by atoms with Crippen molar-refractivity contribution >= 4 is 45.7 Å². The van der Waals surface area contributed by atoms with Crippen LogP contribution in [0.1, 0.15) is 33.9 Å². The summed E-state index contributed by atoms with van der Waals surface area (Å²) in [7, 11) is 1.54. The summed E-state index contributed by atoms with van der Waals surface area (Å²) >= 11 is 2.72. The molecule has 0 radical (unpaired) electrons. The van der Waals surface area contributed by atoms with Gasteiger partial charge >= 0.3 is 5.91 Å². The predicted molar refractivity (Wildman–Crippen MR) is 176 cm³/mol. The Morgan fingerprint density at radius 2 is 1.64 bits per heavy atom. The third-order valence-corrected chi connectivity index (χ3v) is 9.40. The Kier molecular flexibility index (Phi) is 8.95. The first-order valence-corrected chi connectivity index (χ1v) is 16.0. The highest BCUT2D eigenvalue weighted by atomic mass is 32.2. The average Bonchev–Trinajstić information content (AvgIpc) is 3.64. The molecule has 8 nitrogen and oxygen atoms in total. The molecule has 1 fully saturated rings. The van der Waals surface area contributed by atoms with E-state index in [-0.39, 0.29) is 16.5 Å². The second kappa shape index (κ2) is 13.4. The molecule has 1 aliphatic heterocycles. The van der Waals surface area contributed by atoms with Gasteiger partial charge in [0.25, 0.3) is 5.78 Å². The molecule has 1 unspecified atom stereocenters. The summed E-state index contributed by atoms with van der Waals surface area (Å²) in [6.45, 7) is 2.42. The molecule has 45 heavy (non-hydrogen) atoms. The number of ether oxygens (including phenoxy) is 2. The zero-order valence-electron chi connectivity index (χ0n) is 24.5. The van der Waals surface area contributed by atoms with Crippen molar-refractivity contribution in [3.8, 4) is 11.5 Å². The van der Waals surface area contributed by atoms with Crippen molar-refractivity contribution in [2.24, 2.45) is 0 Å². The van der Waals surface area contributed by atoms with E-state index in [1.54, 1.807) is 55.6 Å². The van der Waals surface area contributed by atoms with E-state index in [0.717, 1.165) is 16.7 Å². The fourth-order valence-corrected chi connectivity index (χ4v) is 6.89. The lowest BCUT2D eigenvalue weighted by molar-refractivity contribution is -0.132. The highest BCUT2D eigenvalue weighted by molar-refractivity contribution is 8.00. The summed E-state index contributed by atoms with van der Waals surface area (Å²) in [5, 5.41) is 20.4. The lowest BCUT2D eigenvalue weighted by atomic mass is 9.95. The summed E-state index contributed by atoms with van der Waals surface area (Å²) in [5.74, 6) is -0.0703. The number of methoxy groups -OCH3 is 1. The van der Waals surface area contributed by atoms with Crippen LogP contribution in [0.25, 0.3) is 5.76 Å². The van der Waals surface area contributed by atoms with Gasteiger partial charge < -0.3 is 14.6 Å². The van der Waals surface area contributed by atoms with Crippen molar-refractivity contribution in [1.29, 1.82) is 0 Å². The minimum absolute atomic E-state index is 0.0460. The number of carbonyl (C=O) groups excluding carboxylic acids is 2. The minimum Gasteiger partial charge on any atom is -0.507 e. The topological polar surface area (TPSA) is 102 Å². The normalized spacial score (nSPS) is 15.8. The second-order valence-corrected chi connectivity index (χ2v) is 12.6. The van der Waals surface area contributed by atoms with Crippen LogP contribution in [0.15, 0.2) is 113 Å². The van der Waals surface area contributed by atoms with Gasteiger partial charge in [-0.1, -0.05) is 95.4 Å². The number of benzene rings is 4. The number of aryl methyl sites for hydroxylation is 1. The van der Waals surface area contributed by atoms with Crippen LogP contribution in [0.5, 0.6) is 11.5 Å². The van der Waals surface area contributed by atoms with Gasteiger partial charge in [0.2, 0.25) is 5.13 Å². The quantitative estimate of drug-likeness (QED) is 0.0559. The van der Waals surface area contributed by atoms with E-state index in [9.17, 15) is 14.7 Å². The van der Waals surface area contributed by atoms with Crippen LogP contribution >= 0.6 is 23.1 Å². The molecule has 0 aliphatic carbocycles. The summed E-state index contributed by atoms with van der Waals surface area (Å²) in [4.78, 5) is 28.5. The molecule has 0 spiro atoms. The molecule has 1 amide bonds. The van der Waals surface area contributed by atoms with Gasteiger partial charge in [0, 0.05) is 11.3 Å². The maximum Gasteiger partial charge on any atom is 0.301 e. The number of aromatic nitrogens is 2. The molecule has 5 aromatic rings. The molecule has 226 valence electrons. The van der Waals surface area contributed by atoms with E-state index in [2.05, 4.69) is 16.3 Å². The lowest BCUT2D eigenvalue weighted by Crippen LogP contribution is -2.29. The van der Waals surface area contributed by atoms with E-state index in [1.807, 2.05) is 55.5 Å². The highest BCUT2D eigenvalue weighted by Gasteiger charge is 2.48. The minimum atomic E-state index is -0.947. The van der Waals surface area contributed by atoms with Crippen molar-refractivity contribution in [1.82, 2.24) is 10.2 Å². The predicted octanol–water partition coefficient (Wildman–Crippen LogP) is 7.35. The number of aliphatic hydroxyl groups is 1. The van der Waals surface area contributed by atoms with Gasteiger partial charge in [-0.2, -0.15) is 0 Å². The van der Waals surface area contributed by atoms with Crippen LogP contribution in [-0.4, -0.2) is 34.1 Å². The number of thioether (sulfide) groups is 1. The monoisotopic (exact) mass is 635 g/mol. The first-order chi connectivity index (χ1) is 21.9. The third kappa shape index (κ3) is 6.62. The van der Waals surface area contributed by atoms with E-state index >= 15 is 0 Å². The Morgan fingerprint density at radius 1 is 0.889 bits per heavy atom. The van der Waals surface area contributed by atoms with Crippen LogP contribution in [-0.2, 0) is 21.9 Å². The average molecular weight is 636 g/mol. The third-order valence-electron chi connectivity index (χ3n) is 7.28. The first-order valence-electron chi connectivity index (χ1n) is 14.1. The maximum absolute atomic E-state index is 13.6. The number of anilines is 1. The van der Waals surface area contributed by atoms with Crippen LogP contribution < -0.4 is 14.4 Å². The molecule has 6 rings (SSSR count). The largest absolute Gasteiger partial charge is 0.507 e. The Labute approximate surface area is 269 Å². The smallest absolute Gasteiger partial charge is 0.301 e. The van der Waals surface area contributed by atoms with Gasteiger partial charge in [-0.25, -0.2) is 0 Å². The van der Waals surface area contributed by atoms with E-state index in [1.165, 1.54) is 28.0 Å². The molecular weight excluding hydrogens is 607 g/mol. The SMILES string of the molecule is COc1cccc(C2C(=C(O)c3ccc(OCc4cccc(C)c4)cc3)C(=O)C(=O)N2c2nnc(SCc3ccccc3)s2)c1. The molecule has 1 aliphatic rings. The molecule has 1 aromatic heterocycles. The zero-order valence-corrected chi connectivity index (χ0v) is 26.2. The number of Topliss-reactive ketones (excluding diaryl/α,β-unsaturated/α-hetero) is 1. The van der Waals surface area contributed by atoms with Crippen molar-refractivity contribution in [2.75, 3.05) is 12.0 Å². The molecule has 0 bridgehead atoms. The molecule has 10 heteroatoms. The number of rotatable bonds is 10. The Bertz CT molecular complexity index is 1870. The molecule has 4 aromatic carbocycles. The summed E-state index contributed by atoms with van der Waals surface area (Å²) in [6.07, 6.45) is 0. The highest BCUT2D eigenvalue weighted by Crippen LogP contribution is 2.44. The molecule has 0 saturated carbocycles. The van der Waals surface area contributed by atoms with E-state index in [0.29, 0.717) is 39.3 Å². The van der Waals surface area contributed by atoms with E-state index < -0.39 is 17.7 Å². The van der Waals surface area contributed by atoms with Gasteiger partial charge in [-0.3, -0.25) is 14.5 Å². The Balaban J connectivity index is 1.31. The standard InChI is InChI=1S/C35H29N3O5S2/c1-22-8-6-11-24(18-22)20-43-27-16-14-25(15-17-27)31(39)29-30(26-12-7-13-28(19-26)42-2)38(33(41)32(29)40)34-36-37-35(45-34)44-21-23-9-4-3-5-10-23/h3-19,30,39H,20-21H2,1-2H3. The summed E-state index contributed by atoms with van der Waals surface area (Å²) in [6, 6.07) is 30.9. The van der Waals surface area contributed by atoms with Crippen LogP contribution in [0.3, 0.4) is 0 Å². The summed E-state index contributed by atoms with van der Waals surface area (Å²) in [5.41, 5.74) is 4.23. The van der Waals surface area contributed by atoms with E-state index in [4.69, 9.17) is 9.47 Å². The van der Waals surface area contributed by atoms with Gasteiger partial charge in [0.15, 0.2) is 4.34 Å². The molecular formula is C35H29N3O5S2. The van der Waals surface area contributed by atoms with Crippen molar-refractivity contribution in [3.63, 3.8) is 0 Å². The van der Waals surface area contributed by atoms with Gasteiger partial charge in [-0.05, 0) is 60.0 Å². The van der Waals surface area contributed by atoms with Crippen LogP contribution in [0, 0.1) is 6.92 Å².